The number of aliphatic imine (C=N–C) groups is 2. The van der Waals surface area contributed by atoms with E-state index in [1.54, 1.807) is 30.7 Å². The summed E-state index contributed by atoms with van der Waals surface area (Å²) in [6.45, 7) is -0.120. The molecule has 0 amide bonds. The average Bonchev–Trinajstić information content (AvgIpc) is 3.16. The van der Waals surface area contributed by atoms with Crippen LogP contribution in [0.2, 0.25) is 0 Å². The van der Waals surface area contributed by atoms with E-state index in [1.807, 2.05) is 24.3 Å². The van der Waals surface area contributed by atoms with Gasteiger partial charge >= 0.3 is 0 Å². The number of carboxylic acids is 1. The summed E-state index contributed by atoms with van der Waals surface area (Å²) in [6.07, 6.45) is 6.39. The van der Waals surface area contributed by atoms with E-state index in [9.17, 15) is 8.78 Å². The van der Waals surface area contributed by atoms with Crippen LogP contribution in [0.1, 0.15) is 18.1 Å². The van der Waals surface area contributed by atoms with Gasteiger partial charge in [-0.25, -0.2) is 18.8 Å². The number of nitrogens with two attached hydrogens (primary N) is 1. The van der Waals surface area contributed by atoms with Crippen molar-refractivity contribution in [3.8, 4) is 17.1 Å². The number of alkyl halides is 2. The van der Waals surface area contributed by atoms with Crippen LogP contribution >= 0.6 is 0 Å². The highest BCUT2D eigenvalue weighted by Crippen LogP contribution is 2.43. The normalized spacial score (nSPS) is 19.8. The Morgan fingerprint density at radius 3 is 2.56 bits per heavy atom. The van der Waals surface area contributed by atoms with Crippen molar-refractivity contribution in [1.29, 1.82) is 0 Å². The van der Waals surface area contributed by atoms with Crippen molar-refractivity contribution >= 4 is 17.8 Å². The van der Waals surface area contributed by atoms with E-state index in [2.05, 4.69) is 19.9 Å². The number of halogens is 2. The summed E-state index contributed by atoms with van der Waals surface area (Å²) in [7, 11) is 1.52. The lowest BCUT2D eigenvalue weighted by molar-refractivity contribution is -0.134. The lowest BCUT2D eigenvalue weighted by atomic mass is 9.81. The molecule has 2 aliphatic heterocycles. The molecular weight excluding hydrogens is 472 g/mol. The topological polar surface area (TPSA) is 139 Å². The average molecular weight is 495 g/mol. The first-order chi connectivity index (χ1) is 17.2. The summed E-state index contributed by atoms with van der Waals surface area (Å²) in [6, 6.07) is 11.1. The maximum atomic E-state index is 14.1. The van der Waals surface area contributed by atoms with Gasteiger partial charge in [-0.2, -0.15) is 0 Å². The number of carboxylic acid groups (broad SMARTS) is 1. The number of fused-ring (bicyclic) bond motifs is 1. The minimum absolute atomic E-state index is 0.00786. The number of benzene rings is 1. The van der Waals surface area contributed by atoms with Gasteiger partial charge in [0.2, 0.25) is 5.88 Å². The molecule has 0 fully saturated rings. The van der Waals surface area contributed by atoms with Crippen molar-refractivity contribution in [1.82, 2.24) is 19.9 Å². The van der Waals surface area contributed by atoms with Gasteiger partial charge in [0.05, 0.1) is 31.7 Å². The minimum Gasteiger partial charge on any atom is -0.481 e. The molecule has 3 N–H and O–H groups in total. The van der Waals surface area contributed by atoms with Gasteiger partial charge in [-0.05, 0) is 29.3 Å². The van der Waals surface area contributed by atoms with Crippen LogP contribution in [-0.2, 0) is 10.3 Å². The lowest BCUT2D eigenvalue weighted by Crippen LogP contribution is -2.53. The monoisotopic (exact) mass is 495 g/mol. The van der Waals surface area contributed by atoms with E-state index >= 15 is 0 Å². The van der Waals surface area contributed by atoms with Crippen LogP contribution in [0, 0.1) is 0 Å². The smallest absolute Gasteiger partial charge is 0.300 e. The summed E-state index contributed by atoms with van der Waals surface area (Å²) in [5.74, 6) is -3.09. The Labute approximate surface area is 205 Å². The van der Waals surface area contributed by atoms with Crippen LogP contribution in [0.5, 0.6) is 5.88 Å². The van der Waals surface area contributed by atoms with Crippen molar-refractivity contribution in [2.24, 2.45) is 15.7 Å². The van der Waals surface area contributed by atoms with Gasteiger partial charge in [-0.3, -0.25) is 24.7 Å². The second-order valence-electron chi connectivity index (χ2n) is 8.04. The molecule has 4 heterocycles. The molecule has 3 aromatic rings. The van der Waals surface area contributed by atoms with Gasteiger partial charge in [-0.1, -0.05) is 18.2 Å². The highest BCUT2D eigenvalue weighted by Gasteiger charge is 2.53. The fraction of sp³-hybridized carbons (Fsp3) is 0.250. The third-order valence-electron chi connectivity index (χ3n) is 5.48. The first-order valence-corrected chi connectivity index (χ1v) is 10.8. The maximum absolute atomic E-state index is 14.1. The van der Waals surface area contributed by atoms with Gasteiger partial charge in [0, 0.05) is 24.9 Å². The molecule has 5 rings (SSSR count). The number of nitrogens with zero attached hydrogens (tertiary/aromatic N) is 6. The van der Waals surface area contributed by atoms with Gasteiger partial charge in [0.25, 0.3) is 11.9 Å². The first-order valence-electron chi connectivity index (χ1n) is 10.8. The number of pyridine rings is 1. The predicted molar refractivity (Wildman–Crippen MR) is 128 cm³/mol. The summed E-state index contributed by atoms with van der Waals surface area (Å²) in [5, 5.41) is 7.42. The molecule has 12 heteroatoms. The fourth-order valence-corrected chi connectivity index (χ4v) is 4.05. The summed E-state index contributed by atoms with van der Waals surface area (Å²) < 4.78 is 33.5. The van der Waals surface area contributed by atoms with E-state index in [1.165, 1.54) is 18.2 Å². The maximum Gasteiger partial charge on any atom is 0.300 e. The molecule has 36 heavy (non-hydrogen) atoms. The molecule has 0 spiro atoms. The standard InChI is InChI=1S/C22H19F2N7O.C2H4O2/c1-32-18-11-27-10-17(29-18)14-3-2-4-16(9-14)22(15-5-7-26-8-6-15)19-28-12-21(23,24)13-31(19)20(25)30-22;1-2(3)4/h2-11H,12-13H2,1H3,(H2,25,30);1H3,(H,3,4). The van der Waals surface area contributed by atoms with Crippen molar-refractivity contribution in [3.63, 3.8) is 0 Å². The summed E-state index contributed by atoms with van der Waals surface area (Å²) >= 11 is 0. The molecule has 1 unspecified atom stereocenters. The van der Waals surface area contributed by atoms with Crippen LogP contribution in [0.3, 0.4) is 0 Å². The van der Waals surface area contributed by atoms with Crippen LogP contribution in [-0.4, -0.2) is 68.8 Å². The van der Waals surface area contributed by atoms with Crippen molar-refractivity contribution in [2.75, 3.05) is 20.2 Å². The molecule has 0 saturated carbocycles. The quantitative estimate of drug-likeness (QED) is 0.563. The van der Waals surface area contributed by atoms with Crippen LogP contribution in [0.15, 0.2) is 71.2 Å². The number of hydrogen-bond acceptors (Lipinski definition) is 9. The number of carbonyl (C=O) groups is 1. The van der Waals surface area contributed by atoms with Gasteiger partial charge < -0.3 is 15.6 Å². The lowest BCUT2D eigenvalue weighted by Gasteiger charge is -2.35. The van der Waals surface area contributed by atoms with Gasteiger partial charge in [0.1, 0.15) is 12.4 Å². The Morgan fingerprint density at radius 1 is 1.14 bits per heavy atom. The summed E-state index contributed by atoms with van der Waals surface area (Å²) in [5.41, 5.74) is 7.75. The number of hydrogen-bond donors (Lipinski definition) is 2. The Kier molecular flexibility index (Phi) is 6.60. The van der Waals surface area contributed by atoms with E-state index in [4.69, 9.17) is 25.4 Å². The second kappa shape index (κ2) is 9.64. The van der Waals surface area contributed by atoms with Crippen LogP contribution in [0.25, 0.3) is 11.3 Å². The number of aromatic nitrogens is 3. The zero-order chi connectivity index (χ0) is 25.9. The number of guanidine groups is 1. The molecule has 0 saturated heterocycles. The zero-order valence-corrected chi connectivity index (χ0v) is 19.5. The highest BCUT2D eigenvalue weighted by atomic mass is 19.3. The van der Waals surface area contributed by atoms with Crippen LogP contribution < -0.4 is 10.5 Å². The predicted octanol–water partition coefficient (Wildman–Crippen LogP) is 2.56. The zero-order valence-electron chi connectivity index (χ0n) is 19.5. The molecule has 2 aliphatic rings. The van der Waals surface area contributed by atoms with Gasteiger partial charge in [0.15, 0.2) is 11.5 Å². The van der Waals surface area contributed by atoms with Crippen LogP contribution in [0.4, 0.5) is 8.78 Å². The number of aliphatic carboxylic acids is 1. The van der Waals surface area contributed by atoms with E-state index in [-0.39, 0.29) is 5.96 Å². The van der Waals surface area contributed by atoms with E-state index < -0.39 is 30.5 Å². The third kappa shape index (κ3) is 4.69. The molecule has 2 aromatic heterocycles. The molecule has 0 bridgehead atoms. The van der Waals surface area contributed by atoms with Crippen molar-refractivity contribution in [3.05, 3.63) is 72.3 Å². The molecular formula is C24H23F2N7O3. The molecule has 0 radical (unpaired) electrons. The number of rotatable bonds is 4. The fourth-order valence-electron chi connectivity index (χ4n) is 4.05. The molecule has 186 valence electrons. The molecule has 10 nitrogen and oxygen atoms in total. The number of methoxy groups -OCH3 is 1. The van der Waals surface area contributed by atoms with Crippen molar-refractivity contribution in [2.45, 2.75) is 18.4 Å². The SMILES string of the molecule is CC(=O)O.COc1cncc(-c2cccc(C3(c4ccncc4)N=C(N)N4CC(F)(F)CN=C43)c2)n1. The molecule has 0 aliphatic carbocycles. The molecule has 1 aromatic carbocycles. The minimum atomic E-state index is -2.99. The molecule has 1 atom stereocenters. The van der Waals surface area contributed by atoms with Gasteiger partial charge in [-0.15, -0.1) is 0 Å². The third-order valence-corrected chi connectivity index (χ3v) is 5.48. The number of ether oxygens (including phenoxy) is 1. The Hall–Kier alpha value is -4.48. The summed E-state index contributed by atoms with van der Waals surface area (Å²) in [4.78, 5) is 32.0. The Morgan fingerprint density at radius 2 is 1.86 bits per heavy atom. The Balaban J connectivity index is 0.000000709. The largest absolute Gasteiger partial charge is 0.481 e. The highest BCUT2D eigenvalue weighted by molar-refractivity contribution is 6.12. The Bertz CT molecular complexity index is 1330. The van der Waals surface area contributed by atoms with Crippen molar-refractivity contribution < 1.29 is 23.4 Å². The van der Waals surface area contributed by atoms with E-state index in [0.29, 0.717) is 23.0 Å². The number of amidine groups is 1. The second-order valence-corrected chi connectivity index (χ2v) is 8.04. The van der Waals surface area contributed by atoms with E-state index in [0.717, 1.165) is 18.1 Å². The first kappa shape index (κ1) is 24.6.